The van der Waals surface area contributed by atoms with E-state index in [1.54, 1.807) is 18.3 Å². The van der Waals surface area contributed by atoms with Crippen molar-refractivity contribution in [1.29, 1.82) is 0 Å². The molecule has 0 aromatic heterocycles. The summed E-state index contributed by atoms with van der Waals surface area (Å²) < 4.78 is 14.1. The SMILES string of the molecule is CCCN(CC1CC1)c1ccc(NC=C2C(=O)Nc3cccc(F)c32)cc1. The lowest BCUT2D eigenvalue weighted by Crippen LogP contribution is -2.26. The molecule has 1 amide bonds. The Kier molecular flexibility index (Phi) is 4.84. The van der Waals surface area contributed by atoms with E-state index in [1.165, 1.54) is 24.6 Å². The van der Waals surface area contributed by atoms with E-state index in [0.717, 1.165) is 31.1 Å². The number of halogens is 1. The number of rotatable bonds is 7. The summed E-state index contributed by atoms with van der Waals surface area (Å²) in [6, 6.07) is 12.9. The normalized spacial score (nSPS) is 17.0. The van der Waals surface area contributed by atoms with Crippen molar-refractivity contribution < 1.29 is 9.18 Å². The molecule has 1 aliphatic carbocycles. The van der Waals surface area contributed by atoms with Gasteiger partial charge in [-0.25, -0.2) is 4.39 Å². The maximum absolute atomic E-state index is 14.1. The quantitative estimate of drug-likeness (QED) is 0.689. The van der Waals surface area contributed by atoms with Gasteiger partial charge in [0.15, 0.2) is 0 Å². The minimum absolute atomic E-state index is 0.294. The number of hydrogen-bond donors (Lipinski definition) is 2. The molecule has 2 aromatic rings. The van der Waals surface area contributed by atoms with E-state index in [4.69, 9.17) is 0 Å². The van der Waals surface area contributed by atoms with Crippen molar-refractivity contribution in [2.75, 3.05) is 28.6 Å². The first-order valence-corrected chi connectivity index (χ1v) is 9.57. The number of benzene rings is 2. The number of carbonyl (C=O) groups excluding carboxylic acids is 1. The molecule has 27 heavy (non-hydrogen) atoms. The van der Waals surface area contributed by atoms with Crippen LogP contribution in [0, 0.1) is 11.7 Å². The second kappa shape index (κ2) is 7.43. The van der Waals surface area contributed by atoms with E-state index >= 15 is 0 Å². The van der Waals surface area contributed by atoms with Gasteiger partial charge >= 0.3 is 0 Å². The molecule has 1 fully saturated rings. The molecule has 2 N–H and O–H groups in total. The third-order valence-corrected chi connectivity index (χ3v) is 5.06. The van der Waals surface area contributed by atoms with Crippen molar-refractivity contribution in [1.82, 2.24) is 0 Å². The summed E-state index contributed by atoms with van der Waals surface area (Å²) in [6.07, 6.45) is 5.38. The van der Waals surface area contributed by atoms with Crippen molar-refractivity contribution in [2.24, 2.45) is 5.92 Å². The Morgan fingerprint density at radius 3 is 2.70 bits per heavy atom. The molecule has 0 unspecified atom stereocenters. The number of nitrogens with one attached hydrogen (secondary N) is 2. The molecule has 0 spiro atoms. The maximum atomic E-state index is 14.1. The number of carbonyl (C=O) groups is 1. The van der Waals surface area contributed by atoms with Crippen molar-refractivity contribution in [2.45, 2.75) is 26.2 Å². The van der Waals surface area contributed by atoms with Gasteiger partial charge in [-0.15, -0.1) is 0 Å². The van der Waals surface area contributed by atoms with Gasteiger partial charge in [0.1, 0.15) is 5.82 Å². The summed E-state index contributed by atoms with van der Waals surface area (Å²) in [5.41, 5.74) is 3.24. The molecule has 4 rings (SSSR count). The predicted octanol–water partition coefficient (Wildman–Crippen LogP) is 4.86. The molecule has 2 aromatic carbocycles. The highest BCUT2D eigenvalue weighted by Gasteiger charge is 2.27. The summed E-state index contributed by atoms with van der Waals surface area (Å²) in [7, 11) is 0. The fourth-order valence-electron chi connectivity index (χ4n) is 3.47. The average Bonchev–Trinajstić information content (AvgIpc) is 3.42. The van der Waals surface area contributed by atoms with E-state index < -0.39 is 5.82 Å². The summed E-state index contributed by atoms with van der Waals surface area (Å²) >= 11 is 0. The number of fused-ring (bicyclic) bond motifs is 1. The Bertz CT molecular complexity index is 872. The molecule has 2 aliphatic rings. The van der Waals surface area contributed by atoms with Crippen LogP contribution < -0.4 is 15.5 Å². The zero-order valence-corrected chi connectivity index (χ0v) is 15.5. The first-order chi connectivity index (χ1) is 13.2. The first-order valence-electron chi connectivity index (χ1n) is 9.57. The van der Waals surface area contributed by atoms with Crippen molar-refractivity contribution in [3.63, 3.8) is 0 Å². The number of anilines is 3. The third-order valence-electron chi connectivity index (χ3n) is 5.06. The molecule has 1 heterocycles. The second-order valence-corrected chi connectivity index (χ2v) is 7.26. The van der Waals surface area contributed by atoms with Crippen LogP contribution in [-0.2, 0) is 4.79 Å². The predicted molar refractivity (Wildman–Crippen MR) is 108 cm³/mol. The monoisotopic (exact) mass is 365 g/mol. The van der Waals surface area contributed by atoms with Gasteiger partial charge in [0.2, 0.25) is 0 Å². The van der Waals surface area contributed by atoms with Crippen molar-refractivity contribution >= 4 is 28.5 Å². The van der Waals surface area contributed by atoms with Crippen molar-refractivity contribution in [3.05, 3.63) is 60.0 Å². The Morgan fingerprint density at radius 1 is 1.22 bits per heavy atom. The highest BCUT2D eigenvalue weighted by Crippen LogP contribution is 2.34. The van der Waals surface area contributed by atoms with E-state index in [2.05, 4.69) is 34.6 Å². The minimum atomic E-state index is -0.399. The van der Waals surface area contributed by atoms with Gasteiger partial charge in [-0.1, -0.05) is 13.0 Å². The Hall–Kier alpha value is -2.82. The molecule has 0 saturated heterocycles. The fourth-order valence-corrected chi connectivity index (χ4v) is 3.47. The lowest BCUT2D eigenvalue weighted by molar-refractivity contribution is -0.110. The lowest BCUT2D eigenvalue weighted by Gasteiger charge is -2.24. The molecule has 0 atom stereocenters. The van der Waals surface area contributed by atoms with Gasteiger partial charge in [-0.05, 0) is 61.6 Å². The second-order valence-electron chi connectivity index (χ2n) is 7.26. The van der Waals surface area contributed by atoms with E-state index in [9.17, 15) is 9.18 Å². The summed E-state index contributed by atoms with van der Waals surface area (Å²) in [6.45, 7) is 4.39. The van der Waals surface area contributed by atoms with Crippen LogP contribution in [0.2, 0.25) is 0 Å². The van der Waals surface area contributed by atoms with Gasteiger partial charge in [0.25, 0.3) is 5.91 Å². The standard InChI is InChI=1S/C22H24FN3O/c1-2-12-26(14-15-6-7-15)17-10-8-16(9-11-17)24-13-18-21-19(23)4-3-5-20(21)25-22(18)27/h3-5,8-11,13,15,24H,2,6-7,12,14H2,1H3,(H,25,27). The highest BCUT2D eigenvalue weighted by atomic mass is 19.1. The maximum Gasteiger partial charge on any atom is 0.257 e. The minimum Gasteiger partial charge on any atom is -0.371 e. The summed E-state index contributed by atoms with van der Waals surface area (Å²) in [4.78, 5) is 14.6. The van der Waals surface area contributed by atoms with Crippen LogP contribution in [0.1, 0.15) is 31.7 Å². The van der Waals surface area contributed by atoms with Gasteiger partial charge < -0.3 is 15.5 Å². The fraction of sp³-hybridized carbons (Fsp3) is 0.318. The molecule has 1 aliphatic heterocycles. The van der Waals surface area contributed by atoms with Gasteiger partial charge in [0.05, 0.1) is 11.3 Å². The first kappa shape index (κ1) is 17.6. The zero-order valence-electron chi connectivity index (χ0n) is 15.5. The zero-order chi connectivity index (χ0) is 18.8. The van der Waals surface area contributed by atoms with E-state index in [0.29, 0.717) is 16.8 Å². The lowest BCUT2D eigenvalue weighted by atomic mass is 10.1. The molecule has 4 nitrogen and oxygen atoms in total. The molecule has 0 bridgehead atoms. The number of nitrogens with zero attached hydrogens (tertiary/aromatic N) is 1. The van der Waals surface area contributed by atoms with Crippen LogP contribution in [0.4, 0.5) is 21.5 Å². The van der Waals surface area contributed by atoms with Crippen LogP contribution in [0.25, 0.3) is 5.57 Å². The number of amides is 1. The van der Waals surface area contributed by atoms with Gasteiger partial charge in [-0.3, -0.25) is 4.79 Å². The van der Waals surface area contributed by atoms with Crippen molar-refractivity contribution in [3.8, 4) is 0 Å². The summed E-state index contributed by atoms with van der Waals surface area (Å²) in [5.74, 6) is 0.150. The molecule has 1 saturated carbocycles. The molecule has 0 radical (unpaired) electrons. The van der Waals surface area contributed by atoms with Gasteiger partial charge in [0, 0.05) is 36.2 Å². The van der Waals surface area contributed by atoms with Crippen LogP contribution in [0.5, 0.6) is 0 Å². The van der Waals surface area contributed by atoms with E-state index in [-0.39, 0.29) is 5.91 Å². The Morgan fingerprint density at radius 2 is 2.00 bits per heavy atom. The third kappa shape index (κ3) is 3.82. The molecular weight excluding hydrogens is 341 g/mol. The largest absolute Gasteiger partial charge is 0.371 e. The molecular formula is C22H24FN3O. The van der Waals surface area contributed by atoms with Crippen LogP contribution in [0.3, 0.4) is 0 Å². The van der Waals surface area contributed by atoms with Gasteiger partial charge in [-0.2, -0.15) is 0 Å². The van der Waals surface area contributed by atoms with Crippen LogP contribution in [0.15, 0.2) is 48.7 Å². The van der Waals surface area contributed by atoms with Crippen LogP contribution >= 0.6 is 0 Å². The topological polar surface area (TPSA) is 44.4 Å². The summed E-state index contributed by atoms with van der Waals surface area (Å²) in [5, 5.41) is 5.82. The smallest absolute Gasteiger partial charge is 0.257 e. The molecule has 140 valence electrons. The van der Waals surface area contributed by atoms with Crippen LogP contribution in [-0.4, -0.2) is 19.0 Å². The van der Waals surface area contributed by atoms with E-state index in [1.807, 2.05) is 12.1 Å². The number of hydrogen-bond acceptors (Lipinski definition) is 3. The average molecular weight is 365 g/mol. The Labute approximate surface area is 159 Å². The molecule has 5 heteroatoms. The highest BCUT2D eigenvalue weighted by molar-refractivity contribution is 6.31. The Balaban J connectivity index is 1.49.